The highest BCUT2D eigenvalue weighted by Gasteiger charge is 2.30. The predicted molar refractivity (Wildman–Crippen MR) is 82.2 cm³/mol. The molecule has 0 radical (unpaired) electrons. The van der Waals surface area contributed by atoms with Crippen LogP contribution in [-0.4, -0.2) is 10.2 Å². The summed E-state index contributed by atoms with van der Waals surface area (Å²) < 4.78 is 6.50. The van der Waals surface area contributed by atoms with Gasteiger partial charge in [-0.05, 0) is 30.5 Å². The Morgan fingerprint density at radius 3 is 2.40 bits per heavy atom. The molecule has 0 amide bonds. The van der Waals surface area contributed by atoms with Crippen LogP contribution < -0.4 is 5.32 Å². The fourth-order valence-corrected chi connectivity index (χ4v) is 2.37. The average molecular weight is 338 g/mol. The molecule has 1 aromatic carbocycles. The summed E-state index contributed by atoms with van der Waals surface area (Å²) in [6, 6.07) is 8.40. The Bertz CT molecular complexity index is 565. The predicted octanol–water partition coefficient (Wildman–Crippen LogP) is 3.80. The fraction of sp³-hybridized carbons (Fsp3) is 0.467. The third-order valence-electron chi connectivity index (χ3n) is 3.77. The summed E-state index contributed by atoms with van der Waals surface area (Å²) in [5.41, 5.74) is 1.09. The van der Waals surface area contributed by atoms with Gasteiger partial charge >= 0.3 is 0 Å². The van der Waals surface area contributed by atoms with Gasteiger partial charge in [-0.1, -0.05) is 41.9 Å². The molecule has 5 heteroatoms. The minimum absolute atomic E-state index is 0.150. The van der Waals surface area contributed by atoms with Crippen molar-refractivity contribution in [1.82, 2.24) is 15.5 Å². The van der Waals surface area contributed by atoms with Crippen molar-refractivity contribution in [2.75, 3.05) is 0 Å². The molecule has 1 unspecified atom stereocenters. The normalized spacial score (nSPS) is 14.5. The van der Waals surface area contributed by atoms with Crippen LogP contribution in [0.15, 0.2) is 33.2 Å². The van der Waals surface area contributed by atoms with E-state index < -0.39 is 0 Å². The summed E-state index contributed by atoms with van der Waals surface area (Å²) in [6.45, 7) is 8.96. The number of aromatic nitrogens is 2. The summed E-state index contributed by atoms with van der Waals surface area (Å²) in [7, 11) is 0. The quantitative estimate of drug-likeness (QED) is 0.901. The van der Waals surface area contributed by atoms with Crippen molar-refractivity contribution in [2.45, 2.75) is 39.8 Å². The Kier molecular flexibility index (Phi) is 4.60. The van der Waals surface area contributed by atoms with Gasteiger partial charge in [-0.3, -0.25) is 5.32 Å². The molecule has 108 valence electrons. The minimum atomic E-state index is -0.150. The van der Waals surface area contributed by atoms with Crippen LogP contribution in [0, 0.1) is 12.8 Å². The second kappa shape index (κ2) is 6.06. The maximum Gasteiger partial charge on any atom is 0.230 e. The first-order chi connectivity index (χ1) is 9.41. The minimum Gasteiger partial charge on any atom is -0.424 e. The van der Waals surface area contributed by atoms with Crippen LogP contribution in [0.3, 0.4) is 0 Å². The molecule has 0 bridgehead atoms. The molecule has 0 spiro atoms. The average Bonchev–Trinajstić information content (AvgIpc) is 2.82. The van der Waals surface area contributed by atoms with E-state index in [9.17, 15) is 0 Å². The van der Waals surface area contributed by atoms with E-state index in [1.54, 1.807) is 6.92 Å². The Labute approximate surface area is 128 Å². The van der Waals surface area contributed by atoms with Gasteiger partial charge in [0.05, 0.1) is 6.54 Å². The standard InChI is InChI=1S/C15H20BrN3O/c1-10(2)15(4,12-5-7-13(16)8-6-12)17-9-14-19-18-11(3)20-14/h5-8,10,17H,9H2,1-4H3. The van der Waals surface area contributed by atoms with E-state index in [4.69, 9.17) is 4.42 Å². The van der Waals surface area contributed by atoms with Crippen molar-refractivity contribution >= 4 is 15.9 Å². The highest BCUT2D eigenvalue weighted by Crippen LogP contribution is 2.30. The molecule has 0 aliphatic rings. The van der Waals surface area contributed by atoms with Crippen LogP contribution in [0.4, 0.5) is 0 Å². The van der Waals surface area contributed by atoms with Gasteiger partial charge in [0.15, 0.2) is 0 Å². The molecular weight excluding hydrogens is 318 g/mol. The number of benzene rings is 1. The smallest absolute Gasteiger partial charge is 0.230 e. The lowest BCUT2D eigenvalue weighted by Crippen LogP contribution is -2.43. The van der Waals surface area contributed by atoms with E-state index in [2.05, 4.69) is 76.5 Å². The van der Waals surface area contributed by atoms with E-state index in [0.29, 0.717) is 24.2 Å². The van der Waals surface area contributed by atoms with E-state index in [-0.39, 0.29) is 5.54 Å². The zero-order valence-corrected chi connectivity index (χ0v) is 13.9. The molecule has 20 heavy (non-hydrogen) atoms. The Morgan fingerprint density at radius 2 is 1.90 bits per heavy atom. The number of halogens is 1. The van der Waals surface area contributed by atoms with Crippen LogP contribution in [-0.2, 0) is 12.1 Å². The molecule has 1 atom stereocenters. The van der Waals surface area contributed by atoms with Gasteiger partial charge in [0, 0.05) is 16.9 Å². The first-order valence-electron chi connectivity index (χ1n) is 6.72. The molecule has 0 aliphatic heterocycles. The molecule has 4 nitrogen and oxygen atoms in total. The second-order valence-electron chi connectivity index (χ2n) is 5.43. The van der Waals surface area contributed by atoms with Gasteiger partial charge in [-0.2, -0.15) is 0 Å². The van der Waals surface area contributed by atoms with Crippen molar-refractivity contribution in [3.63, 3.8) is 0 Å². The number of nitrogens with one attached hydrogen (secondary N) is 1. The topological polar surface area (TPSA) is 51.0 Å². The van der Waals surface area contributed by atoms with E-state index in [1.807, 2.05) is 0 Å². The molecule has 2 rings (SSSR count). The van der Waals surface area contributed by atoms with Crippen LogP contribution in [0.5, 0.6) is 0 Å². The lowest BCUT2D eigenvalue weighted by Gasteiger charge is -2.35. The van der Waals surface area contributed by atoms with Crippen molar-refractivity contribution < 1.29 is 4.42 Å². The molecule has 0 saturated carbocycles. The highest BCUT2D eigenvalue weighted by molar-refractivity contribution is 9.10. The lowest BCUT2D eigenvalue weighted by atomic mass is 9.81. The molecule has 1 heterocycles. The summed E-state index contributed by atoms with van der Waals surface area (Å²) in [5, 5.41) is 11.4. The SMILES string of the molecule is Cc1nnc(CNC(C)(c2ccc(Br)cc2)C(C)C)o1. The van der Waals surface area contributed by atoms with Crippen molar-refractivity contribution in [3.8, 4) is 0 Å². The van der Waals surface area contributed by atoms with Crippen LogP contribution in [0.2, 0.25) is 0 Å². The maximum atomic E-state index is 5.42. The highest BCUT2D eigenvalue weighted by atomic mass is 79.9. The fourth-order valence-electron chi connectivity index (χ4n) is 2.10. The largest absolute Gasteiger partial charge is 0.424 e. The number of rotatable bonds is 5. The van der Waals surface area contributed by atoms with Gasteiger partial charge in [0.25, 0.3) is 0 Å². The van der Waals surface area contributed by atoms with Gasteiger partial charge < -0.3 is 4.42 Å². The Balaban J connectivity index is 2.18. The summed E-state index contributed by atoms with van der Waals surface area (Å²) in [5.74, 6) is 1.64. The molecule has 1 N–H and O–H groups in total. The number of aryl methyl sites for hydroxylation is 1. The molecular formula is C15H20BrN3O. The molecule has 2 aromatic rings. The van der Waals surface area contributed by atoms with Gasteiger partial charge in [0.1, 0.15) is 0 Å². The second-order valence-corrected chi connectivity index (χ2v) is 6.35. The van der Waals surface area contributed by atoms with E-state index in [0.717, 1.165) is 4.47 Å². The van der Waals surface area contributed by atoms with Crippen LogP contribution in [0.1, 0.15) is 38.1 Å². The molecule has 0 saturated heterocycles. The first kappa shape index (κ1) is 15.2. The Morgan fingerprint density at radius 1 is 1.25 bits per heavy atom. The van der Waals surface area contributed by atoms with Crippen molar-refractivity contribution in [3.05, 3.63) is 46.1 Å². The van der Waals surface area contributed by atoms with Gasteiger partial charge in [-0.25, -0.2) is 0 Å². The van der Waals surface area contributed by atoms with Crippen molar-refractivity contribution in [1.29, 1.82) is 0 Å². The zero-order valence-electron chi connectivity index (χ0n) is 12.3. The van der Waals surface area contributed by atoms with E-state index >= 15 is 0 Å². The third kappa shape index (κ3) is 3.27. The molecule has 1 aromatic heterocycles. The number of nitrogens with zero attached hydrogens (tertiary/aromatic N) is 2. The molecule has 0 fully saturated rings. The first-order valence-corrected chi connectivity index (χ1v) is 7.51. The number of hydrogen-bond acceptors (Lipinski definition) is 4. The van der Waals surface area contributed by atoms with Gasteiger partial charge in [-0.15, -0.1) is 10.2 Å². The van der Waals surface area contributed by atoms with Gasteiger partial charge in [0.2, 0.25) is 11.8 Å². The number of hydrogen-bond donors (Lipinski definition) is 1. The van der Waals surface area contributed by atoms with Crippen LogP contribution in [0.25, 0.3) is 0 Å². The molecule has 0 aliphatic carbocycles. The zero-order chi connectivity index (χ0) is 14.8. The summed E-state index contributed by atoms with van der Waals surface area (Å²) >= 11 is 3.47. The van der Waals surface area contributed by atoms with Crippen LogP contribution >= 0.6 is 15.9 Å². The maximum absolute atomic E-state index is 5.42. The Hall–Kier alpha value is -1.20. The monoisotopic (exact) mass is 337 g/mol. The van der Waals surface area contributed by atoms with E-state index in [1.165, 1.54) is 5.56 Å². The third-order valence-corrected chi connectivity index (χ3v) is 4.30. The summed E-state index contributed by atoms with van der Waals surface area (Å²) in [6.07, 6.45) is 0. The summed E-state index contributed by atoms with van der Waals surface area (Å²) in [4.78, 5) is 0. The van der Waals surface area contributed by atoms with Crippen molar-refractivity contribution in [2.24, 2.45) is 5.92 Å². The lowest BCUT2D eigenvalue weighted by molar-refractivity contribution is 0.251.